The van der Waals surface area contributed by atoms with Gasteiger partial charge in [-0.15, -0.1) is 0 Å². The lowest BCUT2D eigenvalue weighted by atomic mass is 10.1. The minimum Gasteiger partial charge on any atom is -0.493 e. The molecule has 2 heterocycles. The minimum absolute atomic E-state index is 0.197. The van der Waals surface area contributed by atoms with E-state index in [1.165, 1.54) is 25.3 Å². The monoisotopic (exact) mass is 445 g/mol. The van der Waals surface area contributed by atoms with E-state index < -0.39 is 0 Å². The number of ether oxygens (including phenoxy) is 2. The first-order chi connectivity index (χ1) is 16.1. The number of nitrogens with one attached hydrogen (secondary N) is 1. The van der Waals surface area contributed by atoms with Gasteiger partial charge in [0.2, 0.25) is 5.91 Å². The number of anilines is 2. The van der Waals surface area contributed by atoms with Crippen LogP contribution in [0.25, 0.3) is 17.0 Å². The number of aryl methyl sites for hydroxylation is 1. The fourth-order valence-corrected chi connectivity index (χ4v) is 4.16. The number of benzene rings is 2. The first-order valence-electron chi connectivity index (χ1n) is 11.5. The van der Waals surface area contributed by atoms with E-state index in [1.54, 1.807) is 13.2 Å². The fraction of sp³-hybridized carbons (Fsp3) is 0.333. The molecule has 1 aliphatic heterocycles. The van der Waals surface area contributed by atoms with Crippen molar-refractivity contribution < 1.29 is 14.3 Å². The Morgan fingerprint density at radius 1 is 1.09 bits per heavy atom. The van der Waals surface area contributed by atoms with Gasteiger partial charge in [-0.2, -0.15) is 0 Å². The Bertz CT molecular complexity index is 1170. The number of pyridine rings is 1. The number of carbonyl (C=O) groups is 1. The number of fused-ring (bicyclic) bond motifs is 1. The number of amides is 1. The zero-order valence-corrected chi connectivity index (χ0v) is 19.6. The minimum atomic E-state index is -0.197. The molecule has 4 rings (SSSR count). The number of hydrogen-bond donors (Lipinski definition) is 1. The lowest BCUT2D eigenvalue weighted by molar-refractivity contribution is -0.111. The van der Waals surface area contributed by atoms with Crippen molar-refractivity contribution in [3.05, 3.63) is 59.7 Å². The van der Waals surface area contributed by atoms with Crippen LogP contribution in [0.15, 0.2) is 48.5 Å². The van der Waals surface area contributed by atoms with Crippen molar-refractivity contribution in [1.82, 2.24) is 4.98 Å². The second-order valence-corrected chi connectivity index (χ2v) is 8.24. The van der Waals surface area contributed by atoms with Crippen LogP contribution in [0.5, 0.6) is 11.5 Å². The molecule has 0 aliphatic carbocycles. The van der Waals surface area contributed by atoms with Crippen molar-refractivity contribution in [3.63, 3.8) is 0 Å². The number of nitrogens with zero attached hydrogens (tertiary/aromatic N) is 2. The third-order valence-electron chi connectivity index (χ3n) is 5.86. The highest BCUT2D eigenvalue weighted by Crippen LogP contribution is 2.29. The van der Waals surface area contributed by atoms with Crippen LogP contribution in [0.2, 0.25) is 0 Å². The molecule has 1 fully saturated rings. The van der Waals surface area contributed by atoms with Crippen LogP contribution in [-0.2, 0) is 4.79 Å². The second kappa shape index (κ2) is 10.4. The van der Waals surface area contributed by atoms with Gasteiger partial charge in [0.05, 0.1) is 19.2 Å². The van der Waals surface area contributed by atoms with Crippen LogP contribution in [0.4, 0.5) is 11.5 Å². The Kier molecular flexibility index (Phi) is 7.13. The van der Waals surface area contributed by atoms with Gasteiger partial charge in [0, 0.05) is 30.2 Å². The van der Waals surface area contributed by atoms with E-state index in [0.29, 0.717) is 18.1 Å². The topological polar surface area (TPSA) is 63.7 Å². The summed E-state index contributed by atoms with van der Waals surface area (Å²) in [6.45, 7) is 6.73. The van der Waals surface area contributed by atoms with Gasteiger partial charge in [-0.1, -0.05) is 6.07 Å². The molecule has 0 saturated carbocycles. The van der Waals surface area contributed by atoms with Crippen LogP contribution in [-0.4, -0.2) is 37.7 Å². The molecular formula is C27H31N3O3. The first kappa shape index (κ1) is 22.6. The molecule has 1 N–H and O–H groups in total. The summed E-state index contributed by atoms with van der Waals surface area (Å²) in [5, 5.41) is 4.00. The maximum Gasteiger partial charge on any atom is 0.248 e. The van der Waals surface area contributed by atoms with E-state index in [9.17, 15) is 4.79 Å². The second-order valence-electron chi connectivity index (χ2n) is 8.24. The van der Waals surface area contributed by atoms with E-state index in [4.69, 9.17) is 14.5 Å². The van der Waals surface area contributed by atoms with E-state index in [0.717, 1.165) is 46.6 Å². The third kappa shape index (κ3) is 5.45. The van der Waals surface area contributed by atoms with E-state index >= 15 is 0 Å². The summed E-state index contributed by atoms with van der Waals surface area (Å²) in [6, 6.07) is 13.6. The summed E-state index contributed by atoms with van der Waals surface area (Å²) >= 11 is 0. The summed E-state index contributed by atoms with van der Waals surface area (Å²) in [7, 11) is 1.60. The number of aromatic nitrogens is 1. The number of hydrogen-bond acceptors (Lipinski definition) is 5. The molecule has 1 aliphatic rings. The van der Waals surface area contributed by atoms with Crippen molar-refractivity contribution in [2.75, 3.05) is 37.0 Å². The normalized spacial score (nSPS) is 14.0. The SMILES string of the molecule is CCOc1ccc(C=CC(=O)Nc2ccc3nc(N4CCCCC4)cc(C)c3c2)cc1OC. The average molecular weight is 446 g/mol. The molecule has 2 aromatic carbocycles. The molecule has 0 unspecified atom stereocenters. The predicted molar refractivity (Wildman–Crippen MR) is 134 cm³/mol. The van der Waals surface area contributed by atoms with Crippen LogP contribution in [0.1, 0.15) is 37.3 Å². The van der Waals surface area contributed by atoms with E-state index in [-0.39, 0.29) is 5.91 Å². The van der Waals surface area contributed by atoms with Gasteiger partial charge in [0.1, 0.15) is 5.82 Å². The lowest BCUT2D eigenvalue weighted by Gasteiger charge is -2.28. The zero-order chi connectivity index (χ0) is 23.2. The predicted octanol–water partition coefficient (Wildman–Crippen LogP) is 5.59. The average Bonchev–Trinajstić information content (AvgIpc) is 2.84. The molecular weight excluding hydrogens is 414 g/mol. The molecule has 0 radical (unpaired) electrons. The molecule has 1 amide bonds. The molecule has 0 bridgehead atoms. The molecule has 172 valence electrons. The number of methoxy groups -OCH3 is 1. The van der Waals surface area contributed by atoms with Gasteiger partial charge in [-0.05, 0) is 86.7 Å². The van der Waals surface area contributed by atoms with Crippen LogP contribution >= 0.6 is 0 Å². The molecule has 3 aromatic rings. The largest absolute Gasteiger partial charge is 0.493 e. The van der Waals surface area contributed by atoms with Gasteiger partial charge >= 0.3 is 0 Å². The molecule has 0 atom stereocenters. The molecule has 1 saturated heterocycles. The summed E-state index contributed by atoms with van der Waals surface area (Å²) in [5.74, 6) is 2.17. The highest BCUT2D eigenvalue weighted by Gasteiger charge is 2.14. The highest BCUT2D eigenvalue weighted by atomic mass is 16.5. The van der Waals surface area contributed by atoms with Gasteiger partial charge in [-0.3, -0.25) is 4.79 Å². The first-order valence-corrected chi connectivity index (χ1v) is 11.5. The maximum absolute atomic E-state index is 12.5. The third-order valence-corrected chi connectivity index (χ3v) is 5.86. The van der Waals surface area contributed by atoms with Crippen molar-refractivity contribution in [2.24, 2.45) is 0 Å². The van der Waals surface area contributed by atoms with Crippen molar-refractivity contribution in [2.45, 2.75) is 33.1 Å². The van der Waals surface area contributed by atoms with Gasteiger partial charge in [-0.25, -0.2) is 4.98 Å². The van der Waals surface area contributed by atoms with Crippen molar-refractivity contribution in [1.29, 1.82) is 0 Å². The van der Waals surface area contributed by atoms with Gasteiger partial charge < -0.3 is 19.7 Å². The van der Waals surface area contributed by atoms with Gasteiger partial charge in [0.15, 0.2) is 11.5 Å². The Morgan fingerprint density at radius 2 is 1.91 bits per heavy atom. The van der Waals surface area contributed by atoms with Crippen LogP contribution in [0, 0.1) is 6.92 Å². The smallest absolute Gasteiger partial charge is 0.248 e. The van der Waals surface area contributed by atoms with E-state index in [2.05, 4.69) is 23.2 Å². The van der Waals surface area contributed by atoms with Crippen molar-refractivity contribution in [3.8, 4) is 11.5 Å². The number of carbonyl (C=O) groups excluding carboxylic acids is 1. The van der Waals surface area contributed by atoms with Crippen molar-refractivity contribution >= 4 is 34.4 Å². The molecule has 6 nitrogen and oxygen atoms in total. The standard InChI is InChI=1S/C27H31N3O3/c1-4-33-24-12-8-20(17-25(24)32-3)9-13-27(31)28-21-10-11-23-22(18-21)19(2)16-26(29-23)30-14-6-5-7-15-30/h8-13,16-18H,4-7,14-15H2,1-3H3,(H,28,31). The lowest BCUT2D eigenvalue weighted by Crippen LogP contribution is -2.30. The summed E-state index contributed by atoms with van der Waals surface area (Å²) in [5.41, 5.74) is 3.71. The number of piperidine rings is 1. The molecule has 1 aromatic heterocycles. The highest BCUT2D eigenvalue weighted by molar-refractivity contribution is 6.03. The summed E-state index contributed by atoms with van der Waals surface area (Å²) < 4.78 is 10.9. The van der Waals surface area contributed by atoms with E-state index in [1.807, 2.05) is 43.3 Å². The number of rotatable bonds is 7. The molecule has 6 heteroatoms. The zero-order valence-electron chi connectivity index (χ0n) is 19.6. The Hall–Kier alpha value is -3.54. The summed E-state index contributed by atoms with van der Waals surface area (Å²) in [6.07, 6.45) is 7.02. The quantitative estimate of drug-likeness (QED) is 0.480. The van der Waals surface area contributed by atoms with Crippen LogP contribution < -0.4 is 19.7 Å². The molecule has 0 spiro atoms. The van der Waals surface area contributed by atoms with Crippen LogP contribution in [0.3, 0.4) is 0 Å². The Labute approximate surface area is 195 Å². The maximum atomic E-state index is 12.5. The Balaban J connectivity index is 1.47. The summed E-state index contributed by atoms with van der Waals surface area (Å²) in [4.78, 5) is 19.8. The fourth-order valence-electron chi connectivity index (χ4n) is 4.16. The van der Waals surface area contributed by atoms with Gasteiger partial charge in [0.25, 0.3) is 0 Å². The Morgan fingerprint density at radius 3 is 2.67 bits per heavy atom. The molecule has 33 heavy (non-hydrogen) atoms.